The lowest BCUT2D eigenvalue weighted by molar-refractivity contribution is 0.0949. The van der Waals surface area contributed by atoms with E-state index in [1.165, 1.54) is 6.07 Å². The van der Waals surface area contributed by atoms with E-state index in [0.717, 1.165) is 44.7 Å². The molecular formula is C21H25FN4O. The molecule has 0 spiro atoms. The number of amides is 1. The highest BCUT2D eigenvalue weighted by molar-refractivity contribution is 5.94. The number of halogens is 1. The summed E-state index contributed by atoms with van der Waals surface area (Å²) in [5.74, 6) is -0.570. The molecule has 0 bridgehead atoms. The number of carbonyl (C=O) groups excluding carboxylic acids is 1. The van der Waals surface area contributed by atoms with E-state index in [-0.39, 0.29) is 17.1 Å². The van der Waals surface area contributed by atoms with Gasteiger partial charge in [-0.1, -0.05) is 6.07 Å². The monoisotopic (exact) mass is 368 g/mol. The molecule has 142 valence electrons. The number of hydrogen-bond acceptors (Lipinski definition) is 4. The van der Waals surface area contributed by atoms with Gasteiger partial charge in [-0.25, -0.2) is 4.39 Å². The number of piperazine rings is 1. The fourth-order valence-corrected chi connectivity index (χ4v) is 3.65. The van der Waals surface area contributed by atoms with Crippen LogP contribution < -0.4 is 10.2 Å². The maximum atomic E-state index is 14.6. The summed E-state index contributed by atoms with van der Waals surface area (Å²) < 4.78 is 14.6. The van der Waals surface area contributed by atoms with Crippen molar-refractivity contribution in [2.24, 2.45) is 0 Å². The number of nitrogens with one attached hydrogen (secondary N) is 1. The van der Waals surface area contributed by atoms with E-state index in [1.807, 2.05) is 23.1 Å². The van der Waals surface area contributed by atoms with Gasteiger partial charge in [-0.3, -0.25) is 9.78 Å². The van der Waals surface area contributed by atoms with Gasteiger partial charge in [-0.2, -0.15) is 0 Å². The molecule has 1 saturated carbocycles. The van der Waals surface area contributed by atoms with Crippen molar-refractivity contribution in [3.8, 4) is 0 Å². The fourth-order valence-electron chi connectivity index (χ4n) is 3.65. The van der Waals surface area contributed by atoms with Crippen molar-refractivity contribution in [2.45, 2.75) is 18.3 Å². The number of anilines is 1. The maximum absolute atomic E-state index is 14.6. The second-order valence-corrected chi connectivity index (χ2v) is 7.63. The van der Waals surface area contributed by atoms with Gasteiger partial charge < -0.3 is 15.1 Å². The Morgan fingerprint density at radius 1 is 1.19 bits per heavy atom. The van der Waals surface area contributed by atoms with Crippen LogP contribution in [0.4, 0.5) is 10.1 Å². The van der Waals surface area contributed by atoms with Crippen molar-refractivity contribution in [2.75, 3.05) is 44.7 Å². The smallest absolute Gasteiger partial charge is 0.251 e. The second-order valence-electron chi connectivity index (χ2n) is 7.63. The van der Waals surface area contributed by atoms with Crippen LogP contribution in [0, 0.1) is 5.82 Å². The minimum absolute atomic E-state index is 0.0603. The van der Waals surface area contributed by atoms with Gasteiger partial charge >= 0.3 is 0 Å². The number of nitrogens with zero attached hydrogens (tertiary/aromatic N) is 3. The molecule has 1 N–H and O–H groups in total. The number of benzene rings is 1. The first-order valence-corrected chi connectivity index (χ1v) is 9.50. The summed E-state index contributed by atoms with van der Waals surface area (Å²) in [6.45, 7) is 3.95. The molecule has 5 nitrogen and oxygen atoms in total. The van der Waals surface area contributed by atoms with Crippen LogP contribution in [0.2, 0.25) is 0 Å². The zero-order valence-electron chi connectivity index (χ0n) is 15.6. The molecule has 1 amide bonds. The molecule has 1 saturated heterocycles. The predicted molar refractivity (Wildman–Crippen MR) is 104 cm³/mol. The largest absolute Gasteiger partial charge is 0.367 e. The Bertz CT molecular complexity index is 814. The lowest BCUT2D eigenvalue weighted by atomic mass is 10.0. The Morgan fingerprint density at radius 2 is 1.96 bits per heavy atom. The maximum Gasteiger partial charge on any atom is 0.251 e. The van der Waals surface area contributed by atoms with E-state index in [2.05, 4.69) is 22.2 Å². The lowest BCUT2D eigenvalue weighted by Crippen LogP contribution is -2.44. The van der Waals surface area contributed by atoms with Crippen LogP contribution >= 0.6 is 0 Å². The van der Waals surface area contributed by atoms with Gasteiger partial charge in [0, 0.05) is 55.6 Å². The number of hydrogen-bond donors (Lipinski definition) is 1. The number of aromatic nitrogens is 1. The zero-order valence-corrected chi connectivity index (χ0v) is 15.6. The van der Waals surface area contributed by atoms with Crippen LogP contribution in [0.5, 0.6) is 0 Å². The highest BCUT2D eigenvalue weighted by Crippen LogP contribution is 2.46. The predicted octanol–water partition coefficient (Wildman–Crippen LogP) is 2.43. The van der Waals surface area contributed by atoms with Crippen LogP contribution in [0.25, 0.3) is 0 Å². The summed E-state index contributed by atoms with van der Waals surface area (Å²) in [5.41, 5.74) is 1.89. The first kappa shape index (κ1) is 17.9. The van der Waals surface area contributed by atoms with Crippen molar-refractivity contribution in [3.05, 3.63) is 59.7 Å². The van der Waals surface area contributed by atoms with E-state index in [4.69, 9.17) is 0 Å². The fraction of sp³-hybridized carbons (Fsp3) is 0.429. The summed E-state index contributed by atoms with van der Waals surface area (Å²) in [5, 5.41) is 2.97. The third-order valence-electron chi connectivity index (χ3n) is 5.70. The summed E-state index contributed by atoms with van der Waals surface area (Å²) in [6.07, 6.45) is 3.81. The molecule has 1 aliphatic carbocycles. The Labute approximate surface area is 159 Å². The van der Waals surface area contributed by atoms with Crippen molar-refractivity contribution in [3.63, 3.8) is 0 Å². The van der Waals surface area contributed by atoms with Gasteiger partial charge in [0.15, 0.2) is 0 Å². The molecule has 2 aromatic rings. The molecule has 2 aliphatic rings. The lowest BCUT2D eigenvalue weighted by Gasteiger charge is -2.34. The van der Waals surface area contributed by atoms with Gasteiger partial charge in [0.05, 0.1) is 5.69 Å². The Balaban J connectivity index is 1.40. The molecule has 1 aromatic carbocycles. The minimum Gasteiger partial charge on any atom is -0.367 e. The molecule has 2 fully saturated rings. The average molecular weight is 368 g/mol. The van der Waals surface area contributed by atoms with Gasteiger partial charge in [-0.05, 0) is 50.2 Å². The first-order valence-electron chi connectivity index (χ1n) is 9.50. The third-order valence-corrected chi connectivity index (χ3v) is 5.70. The number of likely N-dealkylation sites (N-methyl/N-ethyl adjacent to an activating group) is 1. The molecule has 2 heterocycles. The van der Waals surface area contributed by atoms with E-state index in [9.17, 15) is 9.18 Å². The summed E-state index contributed by atoms with van der Waals surface area (Å²) in [6, 6.07) is 10.7. The zero-order chi connectivity index (χ0) is 18.9. The molecule has 1 aliphatic heterocycles. The van der Waals surface area contributed by atoms with Crippen LogP contribution in [0.1, 0.15) is 28.9 Å². The standard InChI is InChI=1S/C21H25FN4O/c1-25-10-12-26(13-11-25)18-6-5-16(14-17(18)22)20(27)24-15-21(7-8-21)19-4-2-3-9-23-19/h2-6,9,14H,7-8,10-13,15H2,1H3,(H,24,27). The Hall–Kier alpha value is -2.47. The van der Waals surface area contributed by atoms with E-state index in [1.54, 1.807) is 18.3 Å². The SMILES string of the molecule is CN1CCN(c2ccc(C(=O)NCC3(c4ccccn4)CC3)cc2F)CC1. The van der Waals surface area contributed by atoms with E-state index < -0.39 is 0 Å². The minimum atomic E-state index is -0.335. The quantitative estimate of drug-likeness (QED) is 0.881. The summed E-state index contributed by atoms with van der Waals surface area (Å²) in [4.78, 5) is 21.2. The molecule has 0 unspecified atom stereocenters. The van der Waals surface area contributed by atoms with Crippen LogP contribution in [-0.2, 0) is 5.41 Å². The number of carbonyl (C=O) groups is 1. The number of rotatable bonds is 5. The van der Waals surface area contributed by atoms with Gasteiger partial charge in [-0.15, -0.1) is 0 Å². The molecule has 4 rings (SSSR count). The molecule has 1 aromatic heterocycles. The van der Waals surface area contributed by atoms with Crippen molar-refractivity contribution in [1.82, 2.24) is 15.2 Å². The summed E-state index contributed by atoms with van der Waals surface area (Å²) in [7, 11) is 2.07. The second kappa shape index (κ2) is 7.27. The van der Waals surface area contributed by atoms with Gasteiger partial charge in [0.25, 0.3) is 5.91 Å². The molecule has 27 heavy (non-hydrogen) atoms. The van der Waals surface area contributed by atoms with Crippen LogP contribution in [0.15, 0.2) is 42.6 Å². The van der Waals surface area contributed by atoms with Crippen molar-refractivity contribution < 1.29 is 9.18 Å². The highest BCUT2D eigenvalue weighted by atomic mass is 19.1. The molecular weight excluding hydrogens is 343 g/mol. The molecule has 0 atom stereocenters. The Morgan fingerprint density at radius 3 is 2.59 bits per heavy atom. The highest BCUT2D eigenvalue weighted by Gasteiger charge is 2.45. The molecule has 6 heteroatoms. The van der Waals surface area contributed by atoms with Crippen LogP contribution in [0.3, 0.4) is 0 Å². The van der Waals surface area contributed by atoms with Crippen LogP contribution in [-0.4, -0.2) is 55.6 Å². The molecule has 0 radical (unpaired) electrons. The average Bonchev–Trinajstić information content (AvgIpc) is 3.49. The van der Waals surface area contributed by atoms with E-state index in [0.29, 0.717) is 17.8 Å². The van der Waals surface area contributed by atoms with E-state index >= 15 is 0 Å². The Kier molecular flexibility index (Phi) is 4.83. The topological polar surface area (TPSA) is 48.5 Å². The van der Waals surface area contributed by atoms with Gasteiger partial charge in [0.2, 0.25) is 0 Å². The first-order chi connectivity index (χ1) is 13.1. The van der Waals surface area contributed by atoms with Crippen molar-refractivity contribution >= 4 is 11.6 Å². The normalized spacial score (nSPS) is 19.0. The number of pyridine rings is 1. The van der Waals surface area contributed by atoms with Crippen molar-refractivity contribution in [1.29, 1.82) is 0 Å². The summed E-state index contributed by atoms with van der Waals surface area (Å²) >= 11 is 0. The third kappa shape index (κ3) is 3.81. The van der Waals surface area contributed by atoms with Gasteiger partial charge in [0.1, 0.15) is 5.82 Å².